The summed E-state index contributed by atoms with van der Waals surface area (Å²) in [4.78, 5) is 23.7. The number of allylic oxidation sites excluding steroid dienone is 2. The average molecular weight is 262 g/mol. The molecule has 102 valence electrons. The summed E-state index contributed by atoms with van der Waals surface area (Å²) in [5, 5.41) is 11.1. The molecule has 0 aromatic heterocycles. The summed E-state index contributed by atoms with van der Waals surface area (Å²) >= 11 is 0. The second kappa shape index (κ2) is 7.21. The first-order valence-electron chi connectivity index (χ1n) is 6.13. The summed E-state index contributed by atoms with van der Waals surface area (Å²) in [5.74, 6) is 0.511. The topological polar surface area (TPSA) is 99.2 Å². The Hall–Kier alpha value is -2.29. The number of carbonyl (C=O) groups is 2. The number of imide groups is 1. The molecule has 0 saturated heterocycles. The van der Waals surface area contributed by atoms with Crippen LogP contribution < -0.4 is 11.1 Å². The Morgan fingerprint density at radius 1 is 1.63 bits per heavy atom. The van der Waals surface area contributed by atoms with Crippen molar-refractivity contribution in [3.63, 3.8) is 0 Å². The molecule has 0 bridgehead atoms. The monoisotopic (exact) mass is 262 g/mol. The lowest BCUT2D eigenvalue weighted by Gasteiger charge is -2.18. The quantitative estimate of drug-likeness (QED) is 0.803. The zero-order chi connectivity index (χ0) is 14.3. The molecule has 1 unspecified atom stereocenters. The van der Waals surface area contributed by atoms with Crippen molar-refractivity contribution in [2.45, 2.75) is 19.8 Å². The Kier molecular flexibility index (Phi) is 5.61. The smallest absolute Gasteiger partial charge is 0.325 e. The minimum atomic E-state index is -0.852. The first-order valence-corrected chi connectivity index (χ1v) is 6.13. The number of rotatable bonds is 4. The molecule has 3 N–H and O–H groups in total. The van der Waals surface area contributed by atoms with Gasteiger partial charge in [0.25, 0.3) is 0 Å². The van der Waals surface area contributed by atoms with Crippen LogP contribution in [0.3, 0.4) is 0 Å². The Balaban J connectivity index is 2.47. The van der Waals surface area contributed by atoms with E-state index in [1.54, 1.807) is 0 Å². The summed E-state index contributed by atoms with van der Waals surface area (Å²) in [6, 6.07) is 0.441. The third-order valence-electron chi connectivity index (χ3n) is 2.79. The predicted octanol–water partition coefficient (Wildman–Crippen LogP) is 1.51. The van der Waals surface area contributed by atoms with E-state index in [0.29, 0.717) is 12.5 Å². The van der Waals surface area contributed by atoms with Crippen molar-refractivity contribution in [3.8, 4) is 6.07 Å². The SMILES string of the molecule is CC1C=CC(CNC(=O)N(CCC#N)C(N)=O)=CC1. The molecule has 1 aliphatic carbocycles. The molecule has 19 heavy (non-hydrogen) atoms. The number of carbonyl (C=O) groups excluding carboxylic acids is 2. The molecule has 0 aromatic carbocycles. The van der Waals surface area contributed by atoms with E-state index in [9.17, 15) is 9.59 Å². The van der Waals surface area contributed by atoms with Gasteiger partial charge in [-0.05, 0) is 17.9 Å². The summed E-state index contributed by atoms with van der Waals surface area (Å²) < 4.78 is 0. The lowest BCUT2D eigenvalue weighted by molar-refractivity contribution is 0.193. The molecular formula is C13H18N4O2. The van der Waals surface area contributed by atoms with Crippen LogP contribution in [0.25, 0.3) is 0 Å². The van der Waals surface area contributed by atoms with Crippen molar-refractivity contribution in [2.75, 3.05) is 13.1 Å². The van der Waals surface area contributed by atoms with Crippen LogP contribution in [-0.4, -0.2) is 30.1 Å². The van der Waals surface area contributed by atoms with Crippen LogP contribution in [0.1, 0.15) is 19.8 Å². The highest BCUT2D eigenvalue weighted by Gasteiger charge is 2.18. The third-order valence-corrected chi connectivity index (χ3v) is 2.79. The van der Waals surface area contributed by atoms with E-state index in [1.165, 1.54) is 0 Å². The third kappa shape index (κ3) is 4.84. The van der Waals surface area contributed by atoms with Gasteiger partial charge in [-0.1, -0.05) is 25.2 Å². The lowest BCUT2D eigenvalue weighted by atomic mass is 9.99. The first-order chi connectivity index (χ1) is 9.04. The largest absolute Gasteiger partial charge is 0.351 e. The number of primary amides is 1. The standard InChI is InChI=1S/C13H18N4O2/c1-10-3-5-11(6-4-10)9-16-13(19)17(12(15)18)8-2-7-14/h3,5-6,10H,2,4,8-9H2,1H3,(H2,15,18)(H,16,19). The normalized spacial score (nSPS) is 17.3. The van der Waals surface area contributed by atoms with E-state index >= 15 is 0 Å². The minimum absolute atomic E-state index is 0.00356. The van der Waals surface area contributed by atoms with Crippen LogP contribution >= 0.6 is 0 Å². The maximum Gasteiger partial charge on any atom is 0.325 e. The molecule has 0 aromatic rings. The van der Waals surface area contributed by atoms with E-state index in [1.807, 2.05) is 12.1 Å². The second-order valence-electron chi connectivity index (χ2n) is 4.41. The Morgan fingerprint density at radius 2 is 2.37 bits per heavy atom. The fourth-order valence-electron chi connectivity index (χ4n) is 1.65. The van der Waals surface area contributed by atoms with E-state index in [-0.39, 0.29) is 13.0 Å². The van der Waals surface area contributed by atoms with Gasteiger partial charge in [-0.15, -0.1) is 0 Å². The van der Waals surface area contributed by atoms with Crippen molar-refractivity contribution >= 4 is 12.1 Å². The van der Waals surface area contributed by atoms with Gasteiger partial charge in [-0.2, -0.15) is 5.26 Å². The number of nitrogens with zero attached hydrogens (tertiary/aromatic N) is 2. The number of urea groups is 2. The number of hydrogen-bond donors (Lipinski definition) is 2. The van der Waals surface area contributed by atoms with Gasteiger partial charge in [-0.25, -0.2) is 14.5 Å². The molecule has 0 fully saturated rings. The molecule has 6 heteroatoms. The van der Waals surface area contributed by atoms with Crippen molar-refractivity contribution in [1.82, 2.24) is 10.2 Å². The number of nitrogens with two attached hydrogens (primary N) is 1. The molecule has 0 saturated carbocycles. The van der Waals surface area contributed by atoms with Crippen molar-refractivity contribution in [3.05, 3.63) is 23.8 Å². The highest BCUT2D eigenvalue weighted by molar-refractivity contribution is 5.92. The van der Waals surface area contributed by atoms with Gasteiger partial charge < -0.3 is 11.1 Å². The fourth-order valence-corrected chi connectivity index (χ4v) is 1.65. The van der Waals surface area contributed by atoms with E-state index in [4.69, 9.17) is 11.0 Å². The van der Waals surface area contributed by atoms with Gasteiger partial charge in [0.05, 0.1) is 12.5 Å². The van der Waals surface area contributed by atoms with E-state index in [0.717, 1.165) is 16.9 Å². The van der Waals surface area contributed by atoms with Crippen LogP contribution in [0.2, 0.25) is 0 Å². The number of nitriles is 1. The Labute approximate surface area is 112 Å². The summed E-state index contributed by atoms with van der Waals surface area (Å²) in [7, 11) is 0. The summed E-state index contributed by atoms with van der Waals surface area (Å²) in [6.45, 7) is 2.46. The predicted molar refractivity (Wildman–Crippen MR) is 70.9 cm³/mol. The van der Waals surface area contributed by atoms with Gasteiger partial charge in [0, 0.05) is 13.1 Å². The van der Waals surface area contributed by atoms with Crippen LogP contribution in [0.5, 0.6) is 0 Å². The summed E-state index contributed by atoms with van der Waals surface area (Å²) in [6.07, 6.45) is 7.09. The first kappa shape index (κ1) is 14.8. The molecule has 1 atom stereocenters. The molecule has 0 heterocycles. The van der Waals surface area contributed by atoms with Crippen molar-refractivity contribution in [1.29, 1.82) is 5.26 Å². The summed E-state index contributed by atoms with van der Waals surface area (Å²) in [5.41, 5.74) is 6.09. The minimum Gasteiger partial charge on any atom is -0.351 e. The molecule has 6 nitrogen and oxygen atoms in total. The van der Waals surface area contributed by atoms with Crippen LogP contribution in [-0.2, 0) is 0 Å². The van der Waals surface area contributed by atoms with Crippen LogP contribution in [0.4, 0.5) is 9.59 Å². The fraction of sp³-hybridized carbons (Fsp3) is 0.462. The number of nitrogens with one attached hydrogen (secondary N) is 1. The Morgan fingerprint density at radius 3 is 2.89 bits per heavy atom. The van der Waals surface area contributed by atoms with Gasteiger partial charge >= 0.3 is 12.1 Å². The molecule has 1 rings (SSSR count). The van der Waals surface area contributed by atoms with Gasteiger partial charge in [0.1, 0.15) is 0 Å². The zero-order valence-electron chi connectivity index (χ0n) is 10.9. The van der Waals surface area contributed by atoms with E-state index < -0.39 is 12.1 Å². The average Bonchev–Trinajstić information content (AvgIpc) is 2.38. The van der Waals surface area contributed by atoms with Crippen molar-refractivity contribution < 1.29 is 9.59 Å². The van der Waals surface area contributed by atoms with Crippen molar-refractivity contribution in [2.24, 2.45) is 11.7 Å². The highest BCUT2D eigenvalue weighted by atomic mass is 16.2. The van der Waals surface area contributed by atoms with Crippen LogP contribution in [0, 0.1) is 17.2 Å². The lowest BCUT2D eigenvalue weighted by Crippen LogP contribution is -2.47. The number of hydrogen-bond acceptors (Lipinski definition) is 3. The van der Waals surface area contributed by atoms with Gasteiger partial charge in [0.15, 0.2) is 0 Å². The highest BCUT2D eigenvalue weighted by Crippen LogP contribution is 2.14. The number of amides is 4. The van der Waals surface area contributed by atoms with Gasteiger partial charge in [0.2, 0.25) is 0 Å². The van der Waals surface area contributed by atoms with Crippen LogP contribution in [0.15, 0.2) is 23.8 Å². The maximum absolute atomic E-state index is 11.8. The maximum atomic E-state index is 11.8. The Bertz CT molecular complexity index is 448. The molecular weight excluding hydrogens is 244 g/mol. The van der Waals surface area contributed by atoms with Gasteiger partial charge in [-0.3, -0.25) is 0 Å². The molecule has 0 radical (unpaired) electrons. The molecule has 4 amide bonds. The molecule has 0 spiro atoms. The zero-order valence-corrected chi connectivity index (χ0v) is 10.9. The molecule has 1 aliphatic rings. The molecule has 0 aliphatic heterocycles. The second-order valence-corrected chi connectivity index (χ2v) is 4.41. The van der Waals surface area contributed by atoms with E-state index in [2.05, 4.69) is 24.4 Å².